The van der Waals surface area contributed by atoms with Gasteiger partial charge in [-0.25, -0.2) is 8.42 Å². The van der Waals surface area contributed by atoms with Crippen molar-refractivity contribution in [2.24, 2.45) is 0 Å². The quantitative estimate of drug-likeness (QED) is 0.429. The summed E-state index contributed by atoms with van der Waals surface area (Å²) in [7, 11) is -4.00. The molecule has 3 nitrogen and oxygen atoms in total. The summed E-state index contributed by atoms with van der Waals surface area (Å²) in [5, 5.41) is 0.128. The highest BCUT2D eigenvalue weighted by molar-refractivity contribution is 7.91. The van der Waals surface area contributed by atoms with Crippen molar-refractivity contribution in [3.8, 4) is 11.1 Å². The summed E-state index contributed by atoms with van der Waals surface area (Å²) in [4.78, 5) is 3.84. The smallest absolute Gasteiger partial charge is 0.254 e. The van der Waals surface area contributed by atoms with E-state index >= 15 is 0 Å². The van der Waals surface area contributed by atoms with E-state index in [1.54, 1.807) is 48.5 Å². The number of halogens is 3. The summed E-state index contributed by atoms with van der Waals surface area (Å²) in [5.74, 6) is 0. The highest BCUT2D eigenvalue weighted by Crippen LogP contribution is 2.40. The first-order chi connectivity index (χ1) is 13.8. The highest BCUT2D eigenvalue weighted by Gasteiger charge is 2.34. The van der Waals surface area contributed by atoms with Crippen LogP contribution in [-0.4, -0.2) is 13.4 Å². The van der Waals surface area contributed by atoms with Crippen LogP contribution in [0.4, 0.5) is 13.2 Å². The normalized spacial score (nSPS) is 12.2. The van der Waals surface area contributed by atoms with Crippen LogP contribution in [0.1, 0.15) is 5.56 Å². The van der Waals surface area contributed by atoms with Crippen LogP contribution in [0.5, 0.6) is 0 Å². The molecule has 0 radical (unpaired) electrons. The zero-order valence-corrected chi connectivity index (χ0v) is 15.7. The topological polar surface area (TPSA) is 47.0 Å². The highest BCUT2D eigenvalue weighted by atomic mass is 32.2. The molecule has 4 aromatic rings. The molecule has 0 saturated carbocycles. The molecule has 0 atom stereocenters. The number of nitrogens with zero attached hydrogens (tertiary/aromatic N) is 1. The molecule has 0 N–H and O–H groups in total. The van der Waals surface area contributed by atoms with Crippen molar-refractivity contribution < 1.29 is 21.6 Å². The van der Waals surface area contributed by atoms with Crippen molar-refractivity contribution in [2.75, 3.05) is 0 Å². The Labute approximate surface area is 165 Å². The molecule has 0 saturated heterocycles. The van der Waals surface area contributed by atoms with Gasteiger partial charge in [0.1, 0.15) is 0 Å². The van der Waals surface area contributed by atoms with Crippen LogP contribution in [0.25, 0.3) is 22.0 Å². The SMILES string of the molecule is O=S(=O)(c1ccccc1)c1cnc2c(C(F)(F)F)cccc2c1-c1ccccc1. The van der Waals surface area contributed by atoms with Gasteiger partial charge in [0.25, 0.3) is 0 Å². The number of sulfone groups is 1. The molecule has 7 heteroatoms. The Morgan fingerprint density at radius 1 is 0.759 bits per heavy atom. The summed E-state index contributed by atoms with van der Waals surface area (Å²) < 4.78 is 67.1. The van der Waals surface area contributed by atoms with Crippen LogP contribution in [-0.2, 0) is 16.0 Å². The summed E-state index contributed by atoms with van der Waals surface area (Å²) in [6.07, 6.45) is -3.59. The van der Waals surface area contributed by atoms with E-state index in [-0.39, 0.29) is 26.3 Å². The predicted molar refractivity (Wildman–Crippen MR) is 104 cm³/mol. The van der Waals surface area contributed by atoms with Crippen LogP contribution >= 0.6 is 0 Å². The second-order valence-corrected chi connectivity index (χ2v) is 8.30. The molecule has 0 aliphatic rings. The van der Waals surface area contributed by atoms with Crippen molar-refractivity contribution in [3.05, 3.63) is 90.6 Å². The Hall–Kier alpha value is -3.19. The number of aromatic nitrogens is 1. The lowest BCUT2D eigenvalue weighted by molar-refractivity contribution is -0.136. The fourth-order valence-corrected chi connectivity index (χ4v) is 4.72. The van der Waals surface area contributed by atoms with Crippen LogP contribution in [0.2, 0.25) is 0 Å². The van der Waals surface area contributed by atoms with Gasteiger partial charge >= 0.3 is 6.18 Å². The van der Waals surface area contributed by atoms with E-state index in [4.69, 9.17) is 0 Å². The summed E-state index contributed by atoms with van der Waals surface area (Å²) >= 11 is 0. The molecule has 146 valence electrons. The molecule has 0 aliphatic carbocycles. The molecule has 1 heterocycles. The van der Waals surface area contributed by atoms with Crippen molar-refractivity contribution >= 4 is 20.7 Å². The number of rotatable bonds is 3. The molecule has 0 aliphatic heterocycles. The standard InChI is InChI=1S/C22H14F3NO2S/c23-22(24,25)18-13-7-12-17-20(15-8-3-1-4-9-15)19(14-26-21(17)18)29(27,28)16-10-5-2-6-11-16/h1-14H. The zero-order valence-electron chi connectivity index (χ0n) is 14.9. The molecule has 29 heavy (non-hydrogen) atoms. The maximum absolute atomic E-state index is 13.5. The number of pyridine rings is 1. The fraction of sp³-hybridized carbons (Fsp3) is 0.0455. The van der Waals surface area contributed by atoms with Gasteiger partial charge in [-0.15, -0.1) is 0 Å². The van der Waals surface area contributed by atoms with Gasteiger partial charge in [0.15, 0.2) is 0 Å². The average molecular weight is 413 g/mol. The van der Waals surface area contributed by atoms with E-state index in [9.17, 15) is 21.6 Å². The number of hydrogen-bond acceptors (Lipinski definition) is 3. The first kappa shape index (κ1) is 19.1. The third-order valence-corrected chi connectivity index (χ3v) is 6.35. The van der Waals surface area contributed by atoms with Gasteiger partial charge in [0.2, 0.25) is 9.84 Å². The first-order valence-corrected chi connectivity index (χ1v) is 10.1. The molecule has 0 amide bonds. The minimum atomic E-state index is -4.61. The summed E-state index contributed by atoms with van der Waals surface area (Å²) in [6, 6.07) is 19.9. The molecule has 3 aromatic carbocycles. The molecule has 0 fully saturated rings. The van der Waals surface area contributed by atoms with Crippen LogP contribution in [0.3, 0.4) is 0 Å². The van der Waals surface area contributed by atoms with Crippen molar-refractivity contribution in [1.82, 2.24) is 4.98 Å². The summed E-state index contributed by atoms with van der Waals surface area (Å²) in [5.41, 5.74) is -0.499. The molecule has 0 bridgehead atoms. The Morgan fingerprint density at radius 2 is 1.38 bits per heavy atom. The second kappa shape index (κ2) is 7.00. The van der Waals surface area contributed by atoms with E-state index in [0.717, 1.165) is 12.3 Å². The number of alkyl halides is 3. The van der Waals surface area contributed by atoms with Gasteiger partial charge in [0, 0.05) is 17.1 Å². The molecular weight excluding hydrogens is 399 g/mol. The third kappa shape index (κ3) is 3.38. The minimum Gasteiger partial charge on any atom is -0.254 e. The van der Waals surface area contributed by atoms with Crippen molar-refractivity contribution in [2.45, 2.75) is 16.0 Å². The molecule has 1 aromatic heterocycles. The Morgan fingerprint density at radius 3 is 2.00 bits per heavy atom. The maximum atomic E-state index is 13.5. The van der Waals surface area contributed by atoms with E-state index in [0.29, 0.717) is 5.56 Å². The number of para-hydroxylation sites is 1. The largest absolute Gasteiger partial charge is 0.418 e. The van der Waals surface area contributed by atoms with Gasteiger partial charge in [-0.1, -0.05) is 60.7 Å². The van der Waals surface area contributed by atoms with E-state index in [1.165, 1.54) is 24.3 Å². The van der Waals surface area contributed by atoms with Gasteiger partial charge < -0.3 is 0 Å². The zero-order chi connectivity index (χ0) is 20.6. The van der Waals surface area contributed by atoms with Gasteiger partial charge in [-0.05, 0) is 23.8 Å². The van der Waals surface area contributed by atoms with Crippen LogP contribution < -0.4 is 0 Å². The van der Waals surface area contributed by atoms with Gasteiger partial charge in [0.05, 0.1) is 20.9 Å². The number of hydrogen-bond donors (Lipinski definition) is 0. The lowest BCUT2D eigenvalue weighted by atomic mass is 9.99. The Kier molecular flexibility index (Phi) is 4.62. The number of fused-ring (bicyclic) bond motifs is 1. The monoisotopic (exact) mass is 413 g/mol. The third-order valence-electron chi connectivity index (χ3n) is 4.57. The Bertz CT molecular complexity index is 1290. The van der Waals surface area contributed by atoms with E-state index in [2.05, 4.69) is 4.98 Å². The predicted octanol–water partition coefficient (Wildman–Crippen LogP) is 5.75. The first-order valence-electron chi connectivity index (χ1n) is 8.64. The Balaban J connectivity index is 2.12. The fourth-order valence-electron chi connectivity index (χ4n) is 3.27. The average Bonchev–Trinajstić information content (AvgIpc) is 2.73. The lowest BCUT2D eigenvalue weighted by Gasteiger charge is -2.16. The molecule has 4 rings (SSSR count). The van der Waals surface area contributed by atoms with Gasteiger partial charge in [-0.2, -0.15) is 13.2 Å². The van der Waals surface area contributed by atoms with E-state index < -0.39 is 21.6 Å². The maximum Gasteiger partial charge on any atom is 0.418 e. The molecule has 0 spiro atoms. The van der Waals surface area contributed by atoms with Crippen LogP contribution in [0.15, 0.2) is 94.9 Å². The van der Waals surface area contributed by atoms with E-state index in [1.807, 2.05) is 0 Å². The minimum absolute atomic E-state index is 0.0466. The second-order valence-electron chi connectivity index (χ2n) is 6.38. The van der Waals surface area contributed by atoms with Crippen molar-refractivity contribution in [3.63, 3.8) is 0 Å². The van der Waals surface area contributed by atoms with Crippen LogP contribution in [0, 0.1) is 0 Å². The molecule has 0 unspecified atom stereocenters. The van der Waals surface area contributed by atoms with Gasteiger partial charge in [-0.3, -0.25) is 4.98 Å². The molecular formula is C22H14F3NO2S. The number of benzene rings is 3. The summed E-state index contributed by atoms with van der Waals surface area (Å²) in [6.45, 7) is 0. The lowest BCUT2D eigenvalue weighted by Crippen LogP contribution is -2.09. The van der Waals surface area contributed by atoms with Crippen molar-refractivity contribution in [1.29, 1.82) is 0 Å².